The third-order valence-corrected chi connectivity index (χ3v) is 2.00. The number of nitrogens with two attached hydrogens (primary N) is 1. The van der Waals surface area contributed by atoms with E-state index in [4.69, 9.17) is 10.5 Å². The average Bonchev–Trinajstić information content (AvgIpc) is 2.15. The third-order valence-electron chi connectivity index (χ3n) is 2.00. The third kappa shape index (κ3) is 3.16. The summed E-state index contributed by atoms with van der Waals surface area (Å²) in [5, 5.41) is 0. The molecule has 0 radical (unpaired) electrons. The molecule has 0 bridgehead atoms. The van der Waals surface area contributed by atoms with Crippen LogP contribution in [0.1, 0.15) is 24.9 Å². The van der Waals surface area contributed by atoms with Crippen molar-refractivity contribution in [3.05, 3.63) is 29.6 Å². The van der Waals surface area contributed by atoms with Crippen molar-refractivity contribution in [1.29, 1.82) is 0 Å². The SMILES string of the molecule is CCC(N)c1cc(F)cc(OC)c1.Cl. The lowest BCUT2D eigenvalue weighted by atomic mass is 10.1. The molecule has 0 amide bonds. The Morgan fingerprint density at radius 3 is 2.57 bits per heavy atom. The van der Waals surface area contributed by atoms with Gasteiger partial charge in [-0.2, -0.15) is 0 Å². The molecule has 80 valence electrons. The van der Waals surface area contributed by atoms with Crippen LogP contribution in [0.2, 0.25) is 0 Å². The summed E-state index contributed by atoms with van der Waals surface area (Å²) in [5.74, 6) is 0.206. The molecular weight excluding hydrogens is 205 g/mol. The molecule has 0 aliphatic carbocycles. The number of rotatable bonds is 3. The predicted octanol–water partition coefficient (Wildman–Crippen LogP) is 2.67. The zero-order valence-electron chi connectivity index (χ0n) is 8.29. The normalized spacial score (nSPS) is 11.7. The van der Waals surface area contributed by atoms with Crippen LogP contribution in [0.5, 0.6) is 5.75 Å². The summed E-state index contributed by atoms with van der Waals surface area (Å²) in [7, 11) is 1.51. The molecule has 0 aliphatic rings. The Bertz CT molecular complexity index is 293. The predicted molar refractivity (Wildman–Crippen MR) is 57.4 cm³/mol. The summed E-state index contributed by atoms with van der Waals surface area (Å²) in [4.78, 5) is 0. The van der Waals surface area contributed by atoms with Gasteiger partial charge in [-0.25, -0.2) is 4.39 Å². The lowest BCUT2D eigenvalue weighted by molar-refractivity contribution is 0.410. The maximum atomic E-state index is 13.0. The van der Waals surface area contributed by atoms with Crippen LogP contribution in [0, 0.1) is 5.82 Å². The lowest BCUT2D eigenvalue weighted by Crippen LogP contribution is -2.09. The maximum Gasteiger partial charge on any atom is 0.127 e. The van der Waals surface area contributed by atoms with Crippen LogP contribution in [-0.4, -0.2) is 7.11 Å². The molecule has 14 heavy (non-hydrogen) atoms. The van der Waals surface area contributed by atoms with Crippen LogP contribution >= 0.6 is 12.4 Å². The van der Waals surface area contributed by atoms with Crippen LogP contribution in [0.4, 0.5) is 4.39 Å². The van der Waals surface area contributed by atoms with Crippen molar-refractivity contribution in [2.75, 3.05) is 7.11 Å². The summed E-state index contributed by atoms with van der Waals surface area (Å²) in [5.41, 5.74) is 6.54. The zero-order chi connectivity index (χ0) is 9.84. The second-order valence-electron chi connectivity index (χ2n) is 2.94. The molecule has 0 heterocycles. The molecule has 1 unspecified atom stereocenters. The van der Waals surface area contributed by atoms with Gasteiger partial charge in [-0.3, -0.25) is 0 Å². The van der Waals surface area contributed by atoms with Crippen LogP contribution < -0.4 is 10.5 Å². The van der Waals surface area contributed by atoms with E-state index in [1.807, 2.05) is 6.92 Å². The van der Waals surface area contributed by atoms with E-state index in [2.05, 4.69) is 0 Å². The minimum Gasteiger partial charge on any atom is -0.497 e. The van der Waals surface area contributed by atoms with E-state index in [9.17, 15) is 4.39 Å². The van der Waals surface area contributed by atoms with Crippen molar-refractivity contribution in [2.24, 2.45) is 5.73 Å². The maximum absolute atomic E-state index is 13.0. The fourth-order valence-electron chi connectivity index (χ4n) is 1.15. The molecule has 0 spiro atoms. The molecule has 0 aliphatic heterocycles. The number of methoxy groups -OCH3 is 1. The van der Waals surface area contributed by atoms with Crippen LogP contribution in [0.15, 0.2) is 18.2 Å². The molecule has 0 saturated carbocycles. The van der Waals surface area contributed by atoms with E-state index < -0.39 is 0 Å². The van der Waals surface area contributed by atoms with Crippen molar-refractivity contribution < 1.29 is 9.13 Å². The first-order valence-electron chi connectivity index (χ1n) is 4.27. The van der Waals surface area contributed by atoms with Gasteiger partial charge in [-0.15, -0.1) is 12.4 Å². The zero-order valence-corrected chi connectivity index (χ0v) is 9.10. The number of ether oxygens (including phenoxy) is 1. The summed E-state index contributed by atoms with van der Waals surface area (Å²) < 4.78 is 17.9. The van der Waals surface area contributed by atoms with Gasteiger partial charge in [0, 0.05) is 12.1 Å². The van der Waals surface area contributed by atoms with Crippen LogP contribution in [-0.2, 0) is 0 Å². The fraction of sp³-hybridized carbons (Fsp3) is 0.400. The van der Waals surface area contributed by atoms with E-state index in [-0.39, 0.29) is 24.3 Å². The van der Waals surface area contributed by atoms with Crippen LogP contribution in [0.3, 0.4) is 0 Å². The van der Waals surface area contributed by atoms with E-state index in [0.29, 0.717) is 5.75 Å². The van der Waals surface area contributed by atoms with Crippen molar-refractivity contribution in [3.8, 4) is 5.75 Å². The van der Waals surface area contributed by atoms with Gasteiger partial charge in [-0.1, -0.05) is 6.92 Å². The quantitative estimate of drug-likeness (QED) is 0.849. The average molecular weight is 220 g/mol. The van der Waals surface area contributed by atoms with Crippen molar-refractivity contribution in [2.45, 2.75) is 19.4 Å². The van der Waals surface area contributed by atoms with Gasteiger partial charge in [0.05, 0.1) is 7.11 Å². The summed E-state index contributed by atoms with van der Waals surface area (Å²) >= 11 is 0. The Morgan fingerprint density at radius 2 is 2.07 bits per heavy atom. The molecule has 1 aromatic rings. The van der Waals surface area contributed by atoms with Gasteiger partial charge < -0.3 is 10.5 Å². The van der Waals surface area contributed by atoms with Gasteiger partial charge in [-0.05, 0) is 24.1 Å². The molecule has 1 rings (SSSR count). The smallest absolute Gasteiger partial charge is 0.127 e. The van der Waals surface area contributed by atoms with Gasteiger partial charge in [0.1, 0.15) is 11.6 Å². The Kier molecular flexibility index (Phi) is 5.50. The second kappa shape index (κ2) is 5.83. The first-order valence-corrected chi connectivity index (χ1v) is 4.27. The van der Waals surface area contributed by atoms with Gasteiger partial charge in [0.25, 0.3) is 0 Å². The van der Waals surface area contributed by atoms with E-state index in [1.165, 1.54) is 19.2 Å². The van der Waals surface area contributed by atoms with Crippen molar-refractivity contribution in [3.63, 3.8) is 0 Å². The van der Waals surface area contributed by atoms with Crippen LogP contribution in [0.25, 0.3) is 0 Å². The highest BCUT2D eigenvalue weighted by Gasteiger charge is 2.06. The summed E-state index contributed by atoms with van der Waals surface area (Å²) in [6.45, 7) is 1.96. The number of benzene rings is 1. The highest BCUT2D eigenvalue weighted by molar-refractivity contribution is 5.85. The van der Waals surface area contributed by atoms with E-state index >= 15 is 0 Å². The topological polar surface area (TPSA) is 35.2 Å². The van der Waals surface area contributed by atoms with Gasteiger partial charge in [0.2, 0.25) is 0 Å². The Hall–Kier alpha value is -0.800. The molecule has 4 heteroatoms. The Morgan fingerprint density at radius 1 is 1.43 bits per heavy atom. The lowest BCUT2D eigenvalue weighted by Gasteiger charge is -2.10. The number of hydrogen-bond acceptors (Lipinski definition) is 2. The molecule has 1 atom stereocenters. The van der Waals surface area contributed by atoms with Crippen molar-refractivity contribution in [1.82, 2.24) is 0 Å². The van der Waals surface area contributed by atoms with Crippen molar-refractivity contribution >= 4 is 12.4 Å². The largest absolute Gasteiger partial charge is 0.497 e. The molecule has 0 aromatic heterocycles. The minimum absolute atomic E-state index is 0. The molecule has 2 N–H and O–H groups in total. The number of hydrogen-bond donors (Lipinski definition) is 1. The molecule has 2 nitrogen and oxygen atoms in total. The van der Waals surface area contributed by atoms with E-state index in [0.717, 1.165) is 12.0 Å². The minimum atomic E-state index is -0.307. The standard InChI is InChI=1S/C10H14FNO.ClH/c1-3-10(12)7-4-8(11)6-9(5-7)13-2;/h4-6,10H,3,12H2,1-2H3;1H. The Balaban J connectivity index is 0.00000169. The summed E-state index contributed by atoms with van der Waals surface area (Å²) in [6.07, 6.45) is 0.784. The molecular formula is C10H15ClFNO. The fourth-order valence-corrected chi connectivity index (χ4v) is 1.15. The second-order valence-corrected chi connectivity index (χ2v) is 2.94. The van der Waals surface area contributed by atoms with Gasteiger partial charge in [0.15, 0.2) is 0 Å². The van der Waals surface area contributed by atoms with E-state index in [1.54, 1.807) is 6.07 Å². The molecule has 0 fully saturated rings. The monoisotopic (exact) mass is 219 g/mol. The number of halogens is 2. The first kappa shape index (κ1) is 13.2. The first-order chi connectivity index (χ1) is 6.17. The summed E-state index contributed by atoms with van der Waals surface area (Å²) in [6, 6.07) is 4.42. The van der Waals surface area contributed by atoms with Gasteiger partial charge >= 0.3 is 0 Å². The highest BCUT2D eigenvalue weighted by atomic mass is 35.5. The molecule has 1 aromatic carbocycles. The molecule has 0 saturated heterocycles. The highest BCUT2D eigenvalue weighted by Crippen LogP contribution is 2.21. The Labute approximate surface area is 89.7 Å².